The fourth-order valence-electron chi connectivity index (χ4n) is 6.55. The van der Waals surface area contributed by atoms with E-state index in [0.29, 0.717) is 30.1 Å². The molecule has 3 aromatic rings. The maximum atomic E-state index is 13.6. The van der Waals surface area contributed by atoms with Gasteiger partial charge in [-0.3, -0.25) is 9.59 Å². The molecule has 242 valence electrons. The van der Waals surface area contributed by atoms with Crippen LogP contribution in [0, 0.1) is 5.92 Å². The number of hydrogen-bond acceptors (Lipinski definition) is 5. The number of urea groups is 1. The molecule has 10 nitrogen and oxygen atoms in total. The summed E-state index contributed by atoms with van der Waals surface area (Å²) in [4.78, 5) is 43.2. The van der Waals surface area contributed by atoms with Gasteiger partial charge in [0.1, 0.15) is 11.9 Å². The van der Waals surface area contributed by atoms with E-state index in [9.17, 15) is 19.5 Å². The highest BCUT2D eigenvalue weighted by Gasteiger charge is 2.32. The Bertz CT molecular complexity index is 1510. The molecule has 1 saturated carbocycles. The highest BCUT2D eigenvalue weighted by molar-refractivity contribution is 5.96. The number of para-hydroxylation sites is 1. The summed E-state index contributed by atoms with van der Waals surface area (Å²) in [5, 5.41) is 17.2. The van der Waals surface area contributed by atoms with Gasteiger partial charge in [0, 0.05) is 61.0 Å². The molecule has 0 radical (unpaired) electrons. The van der Waals surface area contributed by atoms with Gasteiger partial charge in [0.05, 0.1) is 32.0 Å². The lowest BCUT2D eigenvalue weighted by molar-refractivity contribution is -0.134. The SMILES string of the molecule is C[C@@H]1CN([C@@H](C)CO)C(=O)Cc2cc(NC(=O)Cc3cn(C)c4ccccc34)ccc2O[C@@H]1CN(C)C(=O)NC1CCCCC1. The van der Waals surface area contributed by atoms with Crippen molar-refractivity contribution in [2.45, 2.75) is 77.0 Å². The van der Waals surface area contributed by atoms with E-state index in [0.717, 1.165) is 42.1 Å². The van der Waals surface area contributed by atoms with Crippen molar-refractivity contribution in [1.29, 1.82) is 0 Å². The summed E-state index contributed by atoms with van der Waals surface area (Å²) in [6, 6.07) is 13.1. The minimum absolute atomic E-state index is 0.0597. The van der Waals surface area contributed by atoms with Crippen molar-refractivity contribution in [1.82, 2.24) is 19.7 Å². The fourth-order valence-corrected chi connectivity index (χ4v) is 6.55. The van der Waals surface area contributed by atoms with Crippen molar-refractivity contribution >= 4 is 34.4 Å². The Labute approximate surface area is 265 Å². The number of nitrogens with one attached hydrogen (secondary N) is 2. The summed E-state index contributed by atoms with van der Waals surface area (Å²) >= 11 is 0. The van der Waals surface area contributed by atoms with Gasteiger partial charge in [-0.2, -0.15) is 0 Å². The molecule has 1 fully saturated rings. The summed E-state index contributed by atoms with van der Waals surface area (Å²) < 4.78 is 8.59. The standard InChI is InChI=1S/C35H47N5O5/c1-23-19-40(24(2)22-41)34(43)18-25-16-28(36-33(42)17-26-20-38(3)30-13-9-8-12-29(26)30)14-15-31(25)45-32(23)21-39(4)35(44)37-27-10-6-5-7-11-27/h8-9,12-16,20,23-24,27,32,41H,5-7,10-11,17-19,21-22H2,1-4H3,(H,36,42)(H,37,44)/t23-,24+,32-/m1/s1. The molecule has 0 bridgehead atoms. The van der Waals surface area contributed by atoms with E-state index in [2.05, 4.69) is 10.6 Å². The molecule has 1 aromatic heterocycles. The van der Waals surface area contributed by atoms with E-state index < -0.39 is 6.10 Å². The van der Waals surface area contributed by atoms with E-state index in [4.69, 9.17) is 4.74 Å². The van der Waals surface area contributed by atoms with Gasteiger partial charge in [0.15, 0.2) is 0 Å². The number of aliphatic hydroxyl groups is 1. The molecule has 1 aliphatic carbocycles. The molecule has 2 aromatic carbocycles. The zero-order valence-corrected chi connectivity index (χ0v) is 26.9. The van der Waals surface area contributed by atoms with Gasteiger partial charge in [-0.05, 0) is 49.6 Å². The van der Waals surface area contributed by atoms with Crippen LogP contribution in [0.1, 0.15) is 57.1 Å². The first-order valence-electron chi connectivity index (χ1n) is 16.2. The molecule has 3 N–H and O–H groups in total. The normalized spacial score (nSPS) is 19.9. The molecule has 5 rings (SSSR count). The molecule has 0 saturated heterocycles. The molecule has 2 aliphatic rings. The van der Waals surface area contributed by atoms with E-state index in [1.54, 1.807) is 35.0 Å². The maximum absolute atomic E-state index is 13.6. The second kappa shape index (κ2) is 14.4. The van der Waals surface area contributed by atoms with Crippen LogP contribution in [-0.2, 0) is 29.5 Å². The number of nitrogens with zero attached hydrogens (tertiary/aromatic N) is 3. The predicted molar refractivity (Wildman–Crippen MR) is 175 cm³/mol. The Morgan fingerprint density at radius 2 is 1.89 bits per heavy atom. The van der Waals surface area contributed by atoms with Crippen molar-refractivity contribution in [3.8, 4) is 5.75 Å². The Hall–Kier alpha value is -4.05. The van der Waals surface area contributed by atoms with Crippen molar-refractivity contribution < 1.29 is 24.2 Å². The number of aliphatic hydroxyl groups excluding tert-OH is 1. The fraction of sp³-hybridized carbons (Fsp3) is 0.514. The van der Waals surface area contributed by atoms with Crippen molar-refractivity contribution in [2.75, 3.05) is 32.1 Å². The third-order valence-corrected chi connectivity index (χ3v) is 9.26. The summed E-state index contributed by atoms with van der Waals surface area (Å²) in [6.07, 6.45) is 7.32. The summed E-state index contributed by atoms with van der Waals surface area (Å²) in [5.74, 6) is 0.136. The lowest BCUT2D eigenvalue weighted by Gasteiger charge is -2.34. The minimum atomic E-state index is -0.406. The van der Waals surface area contributed by atoms with Gasteiger partial charge in [-0.1, -0.05) is 44.4 Å². The Morgan fingerprint density at radius 3 is 2.64 bits per heavy atom. The number of benzene rings is 2. The van der Waals surface area contributed by atoms with Crippen LogP contribution in [0.2, 0.25) is 0 Å². The zero-order chi connectivity index (χ0) is 32.1. The second-order valence-electron chi connectivity index (χ2n) is 12.9. The molecule has 2 heterocycles. The smallest absolute Gasteiger partial charge is 0.317 e. The molecule has 0 spiro atoms. The van der Waals surface area contributed by atoms with Gasteiger partial charge in [-0.15, -0.1) is 0 Å². The first-order chi connectivity index (χ1) is 21.6. The first kappa shape index (κ1) is 32.3. The molecule has 3 atom stereocenters. The highest BCUT2D eigenvalue weighted by atomic mass is 16.5. The number of hydrogen-bond donors (Lipinski definition) is 3. The highest BCUT2D eigenvalue weighted by Crippen LogP contribution is 2.30. The van der Waals surface area contributed by atoms with Crippen LogP contribution < -0.4 is 15.4 Å². The average Bonchev–Trinajstić information content (AvgIpc) is 3.36. The predicted octanol–water partition coefficient (Wildman–Crippen LogP) is 4.48. The van der Waals surface area contributed by atoms with Crippen LogP contribution >= 0.6 is 0 Å². The van der Waals surface area contributed by atoms with E-state index in [-0.39, 0.29) is 55.3 Å². The van der Waals surface area contributed by atoms with Crippen molar-refractivity contribution in [2.24, 2.45) is 13.0 Å². The van der Waals surface area contributed by atoms with Crippen LogP contribution in [-0.4, -0.2) is 82.3 Å². The van der Waals surface area contributed by atoms with Gasteiger partial charge < -0.3 is 34.8 Å². The molecule has 1 aliphatic heterocycles. The van der Waals surface area contributed by atoms with Gasteiger partial charge in [0.2, 0.25) is 11.8 Å². The summed E-state index contributed by atoms with van der Waals surface area (Å²) in [7, 11) is 3.74. The first-order valence-corrected chi connectivity index (χ1v) is 16.2. The van der Waals surface area contributed by atoms with Crippen molar-refractivity contribution in [3.05, 3.63) is 59.8 Å². The Kier molecular flexibility index (Phi) is 10.3. The number of rotatable bonds is 8. The number of anilines is 1. The monoisotopic (exact) mass is 617 g/mol. The average molecular weight is 618 g/mol. The van der Waals surface area contributed by atoms with Gasteiger partial charge in [0.25, 0.3) is 0 Å². The number of ether oxygens (including phenoxy) is 1. The van der Waals surface area contributed by atoms with E-state index in [1.165, 1.54) is 6.42 Å². The number of carbonyl (C=O) groups is 3. The number of carbonyl (C=O) groups excluding carboxylic acids is 3. The third kappa shape index (κ3) is 7.79. The molecular weight excluding hydrogens is 570 g/mol. The van der Waals surface area contributed by atoms with E-state index in [1.807, 2.05) is 55.9 Å². The zero-order valence-electron chi connectivity index (χ0n) is 26.9. The van der Waals surface area contributed by atoms with E-state index >= 15 is 0 Å². The second-order valence-corrected chi connectivity index (χ2v) is 12.9. The lowest BCUT2D eigenvalue weighted by Crippen LogP contribution is -2.50. The number of likely N-dealkylation sites (N-methyl/N-ethyl adjacent to an activating group) is 1. The van der Waals surface area contributed by atoms with Crippen molar-refractivity contribution in [3.63, 3.8) is 0 Å². The number of amides is 4. The van der Waals surface area contributed by atoms with Crippen LogP contribution in [0.3, 0.4) is 0 Å². The summed E-state index contributed by atoms with van der Waals surface area (Å²) in [5.41, 5.74) is 3.22. The number of fused-ring (bicyclic) bond motifs is 2. The lowest BCUT2D eigenvalue weighted by atomic mass is 9.96. The van der Waals surface area contributed by atoms with Gasteiger partial charge in [-0.25, -0.2) is 4.79 Å². The minimum Gasteiger partial charge on any atom is -0.488 e. The maximum Gasteiger partial charge on any atom is 0.317 e. The van der Waals surface area contributed by atoms with Crippen LogP contribution in [0.5, 0.6) is 5.75 Å². The number of aromatic nitrogens is 1. The molecular formula is C35H47N5O5. The Balaban J connectivity index is 1.34. The summed E-state index contributed by atoms with van der Waals surface area (Å²) in [6.45, 7) is 4.39. The largest absolute Gasteiger partial charge is 0.488 e. The molecule has 10 heteroatoms. The molecule has 4 amide bonds. The quantitative estimate of drug-likeness (QED) is 0.345. The molecule has 45 heavy (non-hydrogen) atoms. The topological polar surface area (TPSA) is 116 Å². The third-order valence-electron chi connectivity index (χ3n) is 9.26. The molecule has 0 unspecified atom stereocenters. The Morgan fingerprint density at radius 1 is 1.13 bits per heavy atom. The van der Waals surface area contributed by atoms with Gasteiger partial charge >= 0.3 is 6.03 Å². The van der Waals surface area contributed by atoms with Crippen LogP contribution in [0.4, 0.5) is 10.5 Å². The van der Waals surface area contributed by atoms with Crippen LogP contribution in [0.15, 0.2) is 48.7 Å². The number of aryl methyl sites for hydroxylation is 1. The van der Waals surface area contributed by atoms with Crippen LogP contribution in [0.25, 0.3) is 10.9 Å².